The maximum Gasteiger partial charge on any atom is 0.387 e. The molecule has 1 aliphatic heterocycles. The van der Waals surface area contributed by atoms with Crippen molar-refractivity contribution in [3.63, 3.8) is 0 Å². The number of guanidine groups is 1. The molecule has 1 heterocycles. The van der Waals surface area contributed by atoms with Gasteiger partial charge in [-0.15, -0.1) is 24.0 Å². The fraction of sp³-hybridized carbons (Fsp3) is 0.650. The number of halogens is 3. The van der Waals surface area contributed by atoms with Crippen molar-refractivity contribution < 1.29 is 13.5 Å². The lowest BCUT2D eigenvalue weighted by Gasteiger charge is -2.34. The maximum atomic E-state index is 12.6. The van der Waals surface area contributed by atoms with Crippen LogP contribution in [-0.4, -0.2) is 75.7 Å². The Morgan fingerprint density at radius 1 is 1.21 bits per heavy atom. The summed E-state index contributed by atoms with van der Waals surface area (Å²) in [5, 5.41) is 6.51. The quantitative estimate of drug-likeness (QED) is 0.311. The summed E-state index contributed by atoms with van der Waals surface area (Å²) < 4.78 is 29.8. The lowest BCUT2D eigenvalue weighted by molar-refractivity contribution is -0.0504. The summed E-state index contributed by atoms with van der Waals surface area (Å²) in [5.74, 6) is 1.31. The first-order chi connectivity index (χ1) is 13.4. The molecule has 1 saturated heterocycles. The van der Waals surface area contributed by atoms with Crippen LogP contribution in [-0.2, 0) is 6.54 Å². The summed E-state index contributed by atoms with van der Waals surface area (Å²) in [6.45, 7) is 7.93. The number of aryl methyl sites for hydroxylation is 1. The van der Waals surface area contributed by atoms with Crippen molar-refractivity contribution in [2.45, 2.75) is 27.0 Å². The number of hydrogen-bond donors (Lipinski definition) is 2. The van der Waals surface area contributed by atoms with Crippen molar-refractivity contribution >= 4 is 29.9 Å². The van der Waals surface area contributed by atoms with Crippen molar-refractivity contribution in [1.29, 1.82) is 0 Å². The van der Waals surface area contributed by atoms with Gasteiger partial charge in [0.05, 0.1) is 0 Å². The number of rotatable bonds is 8. The van der Waals surface area contributed by atoms with Crippen molar-refractivity contribution in [3.05, 3.63) is 29.3 Å². The summed E-state index contributed by atoms with van der Waals surface area (Å²) >= 11 is 0. The van der Waals surface area contributed by atoms with E-state index < -0.39 is 6.61 Å². The molecule has 1 aromatic carbocycles. The fourth-order valence-electron chi connectivity index (χ4n) is 3.26. The summed E-state index contributed by atoms with van der Waals surface area (Å²) in [6.07, 6.45) is 0. The molecule has 0 aromatic heterocycles. The molecule has 0 saturated carbocycles. The van der Waals surface area contributed by atoms with Gasteiger partial charge in [0.15, 0.2) is 5.96 Å². The standard InChI is InChI=1S/C20H33F2N5O.HI/c1-15-5-6-18(28-19(21)22)17(11-15)13-25-20(23-3)24-12-16(2)14-27-9-7-26(4)8-10-27;/h5-6,11,16,19H,7-10,12-14H2,1-4H3,(H2,23,24,25);1H. The van der Waals surface area contributed by atoms with Crippen LogP contribution >= 0.6 is 24.0 Å². The van der Waals surface area contributed by atoms with Crippen LogP contribution in [0, 0.1) is 12.8 Å². The van der Waals surface area contributed by atoms with Gasteiger partial charge in [-0.05, 0) is 26.0 Å². The molecule has 0 amide bonds. The number of likely N-dealkylation sites (N-methyl/N-ethyl adjacent to an activating group) is 1. The Morgan fingerprint density at radius 3 is 2.52 bits per heavy atom. The van der Waals surface area contributed by atoms with E-state index in [0.29, 0.717) is 24.0 Å². The highest BCUT2D eigenvalue weighted by molar-refractivity contribution is 14.0. The van der Waals surface area contributed by atoms with E-state index in [4.69, 9.17) is 0 Å². The average molecular weight is 525 g/mol. The van der Waals surface area contributed by atoms with Crippen LogP contribution in [0.5, 0.6) is 5.75 Å². The second kappa shape index (κ2) is 13.2. The van der Waals surface area contributed by atoms with Gasteiger partial charge in [-0.3, -0.25) is 4.99 Å². The minimum Gasteiger partial charge on any atom is -0.434 e. The Kier molecular flexibility index (Phi) is 11.7. The van der Waals surface area contributed by atoms with Gasteiger partial charge in [0, 0.05) is 58.4 Å². The number of ether oxygens (including phenoxy) is 1. The Bertz CT molecular complexity index is 639. The largest absolute Gasteiger partial charge is 0.434 e. The van der Waals surface area contributed by atoms with Crippen LogP contribution < -0.4 is 15.4 Å². The molecule has 1 aliphatic rings. The normalized spacial score (nSPS) is 17.0. The number of aliphatic imine (C=N–C) groups is 1. The smallest absolute Gasteiger partial charge is 0.387 e. The van der Waals surface area contributed by atoms with E-state index in [1.165, 1.54) is 0 Å². The second-order valence-corrected chi connectivity index (χ2v) is 7.51. The van der Waals surface area contributed by atoms with Crippen molar-refractivity contribution in [3.8, 4) is 5.75 Å². The number of nitrogens with one attached hydrogen (secondary N) is 2. The number of nitrogens with zero attached hydrogens (tertiary/aromatic N) is 3. The summed E-state index contributed by atoms with van der Waals surface area (Å²) in [5.41, 5.74) is 1.66. The third kappa shape index (κ3) is 9.43. The number of benzene rings is 1. The summed E-state index contributed by atoms with van der Waals surface area (Å²) in [7, 11) is 3.86. The molecule has 1 aromatic rings. The van der Waals surface area contributed by atoms with Gasteiger partial charge >= 0.3 is 6.61 Å². The Balaban J connectivity index is 0.00000420. The lowest BCUT2D eigenvalue weighted by atomic mass is 10.1. The molecule has 166 valence electrons. The van der Waals surface area contributed by atoms with Crippen molar-refractivity contribution in [1.82, 2.24) is 20.4 Å². The molecule has 0 radical (unpaired) electrons. The molecule has 1 fully saturated rings. The Morgan fingerprint density at radius 2 is 1.90 bits per heavy atom. The highest BCUT2D eigenvalue weighted by Gasteiger charge is 2.16. The molecular formula is C20H34F2IN5O. The van der Waals surface area contributed by atoms with Crippen LogP contribution in [0.3, 0.4) is 0 Å². The zero-order valence-corrected chi connectivity index (χ0v) is 20.1. The van der Waals surface area contributed by atoms with Gasteiger partial charge < -0.3 is 25.2 Å². The van der Waals surface area contributed by atoms with E-state index in [1.807, 2.05) is 13.0 Å². The van der Waals surface area contributed by atoms with Crippen LogP contribution in [0.1, 0.15) is 18.1 Å². The molecule has 29 heavy (non-hydrogen) atoms. The van der Waals surface area contributed by atoms with Gasteiger partial charge in [-0.1, -0.05) is 24.6 Å². The van der Waals surface area contributed by atoms with Crippen LogP contribution in [0.25, 0.3) is 0 Å². The fourth-order valence-corrected chi connectivity index (χ4v) is 3.26. The maximum absolute atomic E-state index is 12.6. The lowest BCUT2D eigenvalue weighted by Crippen LogP contribution is -2.47. The first-order valence-electron chi connectivity index (χ1n) is 9.77. The van der Waals surface area contributed by atoms with Crippen LogP contribution in [0.4, 0.5) is 8.78 Å². The van der Waals surface area contributed by atoms with E-state index in [-0.39, 0.29) is 29.7 Å². The SMILES string of the molecule is CN=C(NCc1cc(C)ccc1OC(F)F)NCC(C)CN1CCN(C)CC1.I. The second-order valence-electron chi connectivity index (χ2n) is 7.51. The van der Waals surface area contributed by atoms with Gasteiger partial charge in [-0.2, -0.15) is 8.78 Å². The number of hydrogen-bond acceptors (Lipinski definition) is 4. The van der Waals surface area contributed by atoms with E-state index in [0.717, 1.165) is 44.8 Å². The molecule has 9 heteroatoms. The van der Waals surface area contributed by atoms with Crippen LogP contribution in [0.2, 0.25) is 0 Å². The zero-order chi connectivity index (χ0) is 20.5. The van der Waals surface area contributed by atoms with Crippen LogP contribution in [0.15, 0.2) is 23.2 Å². The molecule has 2 rings (SSSR count). The third-order valence-corrected chi connectivity index (χ3v) is 4.89. The minimum atomic E-state index is -2.84. The molecule has 2 N–H and O–H groups in total. The molecule has 1 unspecified atom stereocenters. The molecule has 0 bridgehead atoms. The first-order valence-corrected chi connectivity index (χ1v) is 9.77. The predicted octanol–water partition coefficient (Wildman–Crippen LogP) is 2.76. The molecule has 1 atom stereocenters. The Hall–Kier alpha value is -1.20. The van der Waals surface area contributed by atoms with Crippen molar-refractivity contribution in [2.75, 3.05) is 53.4 Å². The number of alkyl halides is 2. The van der Waals surface area contributed by atoms with E-state index in [9.17, 15) is 8.78 Å². The topological polar surface area (TPSA) is 52.1 Å². The van der Waals surface area contributed by atoms with Gasteiger partial charge in [-0.25, -0.2) is 0 Å². The first kappa shape index (κ1) is 25.8. The highest BCUT2D eigenvalue weighted by atomic mass is 127. The summed E-state index contributed by atoms with van der Waals surface area (Å²) in [4.78, 5) is 9.07. The highest BCUT2D eigenvalue weighted by Crippen LogP contribution is 2.21. The van der Waals surface area contributed by atoms with Crippen molar-refractivity contribution in [2.24, 2.45) is 10.9 Å². The number of piperazine rings is 1. The molecule has 6 nitrogen and oxygen atoms in total. The zero-order valence-electron chi connectivity index (χ0n) is 17.8. The van der Waals surface area contributed by atoms with E-state index in [2.05, 4.69) is 44.1 Å². The monoisotopic (exact) mass is 525 g/mol. The minimum absolute atomic E-state index is 0. The average Bonchev–Trinajstić information content (AvgIpc) is 2.65. The summed E-state index contributed by atoms with van der Waals surface area (Å²) in [6, 6.07) is 5.18. The van der Waals surface area contributed by atoms with E-state index in [1.54, 1.807) is 19.2 Å². The Labute approximate surface area is 190 Å². The van der Waals surface area contributed by atoms with Gasteiger partial charge in [0.1, 0.15) is 5.75 Å². The molecule has 0 spiro atoms. The predicted molar refractivity (Wildman–Crippen MR) is 125 cm³/mol. The third-order valence-electron chi connectivity index (χ3n) is 4.89. The van der Waals surface area contributed by atoms with Gasteiger partial charge in [0.25, 0.3) is 0 Å². The molecular weight excluding hydrogens is 491 g/mol. The van der Waals surface area contributed by atoms with Gasteiger partial charge in [0.2, 0.25) is 0 Å². The molecule has 0 aliphatic carbocycles. The van der Waals surface area contributed by atoms with E-state index >= 15 is 0 Å².